The Hall–Kier alpha value is -2.29. The van der Waals surface area contributed by atoms with Crippen molar-refractivity contribution in [2.45, 2.75) is 17.9 Å². The number of rotatable bonds is 5. The second-order valence-corrected chi connectivity index (χ2v) is 9.24. The summed E-state index contributed by atoms with van der Waals surface area (Å²) in [6, 6.07) is 11.8. The molecule has 1 aliphatic heterocycles. The fraction of sp³-hybridized carbons (Fsp3) is 0.211. The summed E-state index contributed by atoms with van der Waals surface area (Å²) in [7, 11) is -3.80. The minimum absolute atomic E-state index is 0.0705. The molecule has 0 aliphatic carbocycles. The maximum atomic E-state index is 13.3. The van der Waals surface area contributed by atoms with Crippen LogP contribution in [0.1, 0.15) is 12.0 Å². The van der Waals surface area contributed by atoms with Gasteiger partial charge in [0, 0.05) is 18.0 Å². The lowest BCUT2D eigenvalue weighted by Crippen LogP contribution is -2.30. The minimum Gasteiger partial charge on any atom is -0.489 e. The van der Waals surface area contributed by atoms with Gasteiger partial charge in [-0.05, 0) is 29.8 Å². The highest BCUT2D eigenvalue weighted by Crippen LogP contribution is 2.39. The van der Waals surface area contributed by atoms with Crippen LogP contribution >= 0.6 is 22.9 Å². The van der Waals surface area contributed by atoms with Crippen molar-refractivity contribution in [1.82, 2.24) is 4.98 Å². The Balaban J connectivity index is 1.74. The summed E-state index contributed by atoms with van der Waals surface area (Å²) in [5.74, 6) is 1.02. The first kappa shape index (κ1) is 19.0. The number of nitrogens with zero attached hydrogens (tertiary/aromatic N) is 2. The van der Waals surface area contributed by atoms with E-state index in [2.05, 4.69) is 4.98 Å². The molecule has 0 fully saturated rings. The molecule has 1 aliphatic rings. The van der Waals surface area contributed by atoms with Crippen molar-refractivity contribution in [3.8, 4) is 11.5 Å². The van der Waals surface area contributed by atoms with E-state index in [0.29, 0.717) is 40.4 Å². The number of benzene rings is 2. The van der Waals surface area contributed by atoms with Crippen LogP contribution in [0.3, 0.4) is 0 Å². The number of fused-ring (bicyclic) bond motifs is 1. The van der Waals surface area contributed by atoms with Crippen LogP contribution in [0, 0.1) is 0 Å². The Kier molecular flexibility index (Phi) is 5.43. The molecule has 2 heterocycles. The van der Waals surface area contributed by atoms with Crippen LogP contribution in [-0.2, 0) is 16.6 Å². The van der Waals surface area contributed by atoms with Crippen LogP contribution in [0.5, 0.6) is 11.5 Å². The predicted octanol–water partition coefficient (Wildman–Crippen LogP) is 4.35. The third kappa shape index (κ3) is 3.80. The van der Waals surface area contributed by atoms with Gasteiger partial charge in [0.1, 0.15) is 0 Å². The molecule has 4 rings (SSSR count). The van der Waals surface area contributed by atoms with Crippen LogP contribution in [0.2, 0.25) is 5.02 Å². The first-order valence-electron chi connectivity index (χ1n) is 8.61. The van der Waals surface area contributed by atoms with Gasteiger partial charge >= 0.3 is 0 Å². The van der Waals surface area contributed by atoms with E-state index in [0.717, 1.165) is 6.42 Å². The number of aromatic nitrogens is 1. The number of thiazole rings is 1. The average molecular weight is 437 g/mol. The fourth-order valence-electron chi connectivity index (χ4n) is 2.86. The Morgan fingerprint density at radius 1 is 1.14 bits per heavy atom. The summed E-state index contributed by atoms with van der Waals surface area (Å²) >= 11 is 7.63. The maximum Gasteiger partial charge on any atom is 0.266 e. The van der Waals surface area contributed by atoms with Crippen molar-refractivity contribution in [2.75, 3.05) is 17.5 Å². The summed E-state index contributed by atoms with van der Waals surface area (Å²) in [4.78, 5) is 4.41. The molecule has 1 aromatic heterocycles. The van der Waals surface area contributed by atoms with Gasteiger partial charge in [-0.15, -0.1) is 11.3 Å². The van der Waals surface area contributed by atoms with Gasteiger partial charge in [-0.2, -0.15) is 0 Å². The lowest BCUT2D eigenvalue weighted by molar-refractivity contribution is 0.297. The van der Waals surface area contributed by atoms with Crippen LogP contribution in [0.15, 0.2) is 58.9 Å². The summed E-state index contributed by atoms with van der Waals surface area (Å²) in [6.45, 7) is 1.12. The SMILES string of the molecule is O=S(=O)(c1ccccc1)N(Cc1cc(Cl)c2c(c1)OCCCO2)c1nccs1. The number of hydrogen-bond acceptors (Lipinski definition) is 6. The average Bonchev–Trinajstić information content (AvgIpc) is 3.11. The fourth-order valence-corrected chi connectivity index (χ4v) is 5.44. The molecule has 146 valence electrons. The van der Waals surface area contributed by atoms with Gasteiger partial charge in [-0.1, -0.05) is 29.8 Å². The third-order valence-electron chi connectivity index (χ3n) is 4.15. The van der Waals surface area contributed by atoms with E-state index >= 15 is 0 Å². The van der Waals surface area contributed by atoms with Gasteiger partial charge in [0.25, 0.3) is 10.0 Å². The molecule has 28 heavy (non-hydrogen) atoms. The quantitative estimate of drug-likeness (QED) is 0.594. The molecule has 0 N–H and O–H groups in total. The summed E-state index contributed by atoms with van der Waals surface area (Å²) in [5.41, 5.74) is 0.684. The van der Waals surface area contributed by atoms with E-state index < -0.39 is 10.0 Å². The molecule has 0 saturated heterocycles. The normalized spacial score (nSPS) is 13.8. The molecule has 0 bridgehead atoms. The number of ether oxygens (including phenoxy) is 2. The largest absolute Gasteiger partial charge is 0.489 e. The van der Waals surface area contributed by atoms with Crippen LogP contribution < -0.4 is 13.8 Å². The summed E-state index contributed by atoms with van der Waals surface area (Å²) < 4.78 is 39.2. The molecule has 6 nitrogen and oxygen atoms in total. The van der Waals surface area contributed by atoms with Gasteiger partial charge in [0.2, 0.25) is 0 Å². The van der Waals surface area contributed by atoms with Crippen molar-refractivity contribution in [1.29, 1.82) is 0 Å². The van der Waals surface area contributed by atoms with E-state index in [1.807, 2.05) is 0 Å². The molecular formula is C19H17ClN2O4S2. The van der Waals surface area contributed by atoms with Crippen molar-refractivity contribution >= 4 is 38.1 Å². The van der Waals surface area contributed by atoms with E-state index in [1.165, 1.54) is 15.6 Å². The summed E-state index contributed by atoms with van der Waals surface area (Å²) in [6.07, 6.45) is 2.34. The van der Waals surface area contributed by atoms with E-state index in [4.69, 9.17) is 21.1 Å². The monoisotopic (exact) mass is 436 g/mol. The zero-order chi connectivity index (χ0) is 19.6. The Bertz CT molecular complexity index is 1060. The first-order valence-corrected chi connectivity index (χ1v) is 11.3. The van der Waals surface area contributed by atoms with Gasteiger partial charge in [0.15, 0.2) is 16.6 Å². The third-order valence-corrected chi connectivity index (χ3v) is 7.09. The lowest BCUT2D eigenvalue weighted by Gasteiger charge is -2.22. The molecule has 0 spiro atoms. The molecule has 9 heteroatoms. The number of hydrogen-bond donors (Lipinski definition) is 0. The highest BCUT2D eigenvalue weighted by molar-refractivity contribution is 7.93. The first-order chi connectivity index (χ1) is 13.6. The van der Waals surface area contributed by atoms with E-state index in [9.17, 15) is 8.42 Å². The smallest absolute Gasteiger partial charge is 0.266 e. The van der Waals surface area contributed by atoms with Crippen molar-refractivity contribution < 1.29 is 17.9 Å². The number of halogens is 1. The van der Waals surface area contributed by atoms with Crippen LogP contribution in [0.25, 0.3) is 0 Å². The second-order valence-electron chi connectivity index (χ2n) is 6.09. The van der Waals surface area contributed by atoms with Crippen molar-refractivity contribution in [2.24, 2.45) is 0 Å². The highest BCUT2D eigenvalue weighted by Gasteiger charge is 2.28. The zero-order valence-corrected chi connectivity index (χ0v) is 17.1. The molecule has 0 atom stereocenters. The standard InChI is InChI=1S/C19H17ClN2O4S2/c20-16-11-14(12-17-18(16)26-9-4-8-25-17)13-22(19-21-7-10-27-19)28(23,24)15-5-2-1-3-6-15/h1-3,5-7,10-12H,4,8-9,13H2. The summed E-state index contributed by atoms with van der Waals surface area (Å²) in [5, 5.41) is 2.52. The molecule has 3 aromatic rings. The number of sulfonamides is 1. The minimum atomic E-state index is -3.80. The van der Waals surface area contributed by atoms with Gasteiger partial charge in [-0.25, -0.2) is 17.7 Å². The highest BCUT2D eigenvalue weighted by atomic mass is 35.5. The van der Waals surface area contributed by atoms with Crippen LogP contribution in [0.4, 0.5) is 5.13 Å². The van der Waals surface area contributed by atoms with Gasteiger partial charge in [-0.3, -0.25) is 0 Å². The molecule has 0 amide bonds. The molecule has 0 saturated carbocycles. The number of anilines is 1. The molecule has 0 unspecified atom stereocenters. The molecule has 2 aromatic carbocycles. The Morgan fingerprint density at radius 2 is 1.93 bits per heavy atom. The zero-order valence-electron chi connectivity index (χ0n) is 14.7. The Labute approximate surface area is 172 Å². The van der Waals surface area contributed by atoms with E-state index in [-0.39, 0.29) is 11.4 Å². The van der Waals surface area contributed by atoms with Gasteiger partial charge in [0.05, 0.1) is 29.7 Å². The predicted molar refractivity (Wildman–Crippen MR) is 109 cm³/mol. The topological polar surface area (TPSA) is 68.7 Å². The maximum absolute atomic E-state index is 13.3. The lowest BCUT2D eigenvalue weighted by atomic mass is 10.2. The van der Waals surface area contributed by atoms with E-state index in [1.54, 1.807) is 54.0 Å². The van der Waals surface area contributed by atoms with Crippen molar-refractivity contribution in [3.63, 3.8) is 0 Å². The van der Waals surface area contributed by atoms with Crippen LogP contribution in [-0.4, -0.2) is 26.6 Å². The molecule has 0 radical (unpaired) electrons. The molecular weight excluding hydrogens is 420 g/mol. The van der Waals surface area contributed by atoms with Crippen molar-refractivity contribution in [3.05, 3.63) is 64.6 Å². The van der Waals surface area contributed by atoms with Gasteiger partial charge < -0.3 is 9.47 Å². The second kappa shape index (κ2) is 7.98. The Morgan fingerprint density at radius 3 is 2.68 bits per heavy atom.